The minimum absolute atomic E-state index is 0.306. The maximum atomic E-state index is 5.92. The van der Waals surface area contributed by atoms with E-state index in [-0.39, 0.29) is 6.04 Å². The molecule has 14 heavy (non-hydrogen) atoms. The molecule has 0 aliphatic heterocycles. The van der Waals surface area contributed by atoms with Crippen LogP contribution in [0.2, 0.25) is 10.0 Å². The molecule has 1 aromatic rings. The van der Waals surface area contributed by atoms with Crippen LogP contribution in [0.3, 0.4) is 0 Å². The highest BCUT2D eigenvalue weighted by molar-refractivity contribution is 6.34. The maximum Gasteiger partial charge on any atom is 0.0781 e. The van der Waals surface area contributed by atoms with E-state index < -0.39 is 0 Å². The van der Waals surface area contributed by atoms with Crippen LogP contribution in [-0.4, -0.2) is 18.2 Å². The second-order valence-corrected chi connectivity index (χ2v) is 3.63. The lowest BCUT2D eigenvalue weighted by atomic mass is 10.2. The molecule has 1 heterocycles. The first kappa shape index (κ1) is 11.7. The summed E-state index contributed by atoms with van der Waals surface area (Å²) in [5.74, 6) is 0. The van der Waals surface area contributed by atoms with E-state index >= 15 is 0 Å². The van der Waals surface area contributed by atoms with Gasteiger partial charge in [-0.05, 0) is 13.0 Å². The van der Waals surface area contributed by atoms with Crippen LogP contribution in [0, 0.1) is 0 Å². The first-order valence-corrected chi connectivity index (χ1v) is 5.05. The Bertz CT molecular complexity index is 307. The molecule has 0 radical (unpaired) electrons. The van der Waals surface area contributed by atoms with Crippen LogP contribution in [-0.2, 0) is 4.74 Å². The van der Waals surface area contributed by atoms with Gasteiger partial charge in [-0.3, -0.25) is 4.98 Å². The summed E-state index contributed by atoms with van der Waals surface area (Å²) in [7, 11) is 0. The zero-order valence-electron chi connectivity index (χ0n) is 7.84. The number of hydrogen-bond acceptors (Lipinski definition) is 3. The van der Waals surface area contributed by atoms with Gasteiger partial charge in [0.1, 0.15) is 0 Å². The van der Waals surface area contributed by atoms with E-state index in [1.54, 1.807) is 6.07 Å². The largest absolute Gasteiger partial charge is 0.380 e. The second kappa shape index (κ2) is 5.51. The number of pyridine rings is 1. The molecule has 0 bridgehead atoms. The molecule has 78 valence electrons. The van der Waals surface area contributed by atoms with Gasteiger partial charge in [-0.2, -0.15) is 0 Å². The minimum atomic E-state index is -0.306. The number of rotatable bonds is 4. The molecule has 0 amide bonds. The molecule has 1 atom stereocenters. The van der Waals surface area contributed by atoms with Crippen molar-refractivity contribution < 1.29 is 4.74 Å². The summed E-state index contributed by atoms with van der Waals surface area (Å²) in [6.45, 7) is 2.94. The Kier molecular flexibility index (Phi) is 4.62. The predicted octanol–water partition coefficient (Wildman–Crippen LogP) is 2.42. The van der Waals surface area contributed by atoms with E-state index in [4.69, 9.17) is 33.7 Å². The number of halogens is 2. The van der Waals surface area contributed by atoms with Gasteiger partial charge in [0.2, 0.25) is 0 Å². The predicted molar refractivity (Wildman–Crippen MR) is 57.7 cm³/mol. The molecule has 5 heteroatoms. The van der Waals surface area contributed by atoms with Crippen LogP contribution in [0.5, 0.6) is 0 Å². The summed E-state index contributed by atoms with van der Waals surface area (Å²) in [5, 5.41) is 0.979. The van der Waals surface area contributed by atoms with Crippen molar-refractivity contribution in [1.29, 1.82) is 0 Å². The Balaban J connectivity index is 2.74. The number of nitrogens with two attached hydrogens (primary N) is 1. The number of aromatic nitrogens is 1. The molecule has 0 aliphatic rings. The van der Waals surface area contributed by atoms with Crippen molar-refractivity contribution in [2.45, 2.75) is 13.0 Å². The third-order valence-corrected chi connectivity index (χ3v) is 2.20. The van der Waals surface area contributed by atoms with Gasteiger partial charge < -0.3 is 10.5 Å². The maximum absolute atomic E-state index is 5.92. The molecule has 3 nitrogen and oxygen atoms in total. The van der Waals surface area contributed by atoms with E-state index in [0.717, 1.165) is 0 Å². The van der Waals surface area contributed by atoms with Gasteiger partial charge in [-0.15, -0.1) is 0 Å². The molecule has 1 unspecified atom stereocenters. The van der Waals surface area contributed by atoms with Crippen molar-refractivity contribution >= 4 is 23.2 Å². The third-order valence-electron chi connectivity index (χ3n) is 1.69. The monoisotopic (exact) mass is 234 g/mol. The summed E-state index contributed by atoms with van der Waals surface area (Å²) in [4.78, 5) is 4.06. The van der Waals surface area contributed by atoms with E-state index in [0.29, 0.717) is 29.0 Å². The number of hydrogen-bond donors (Lipinski definition) is 1. The first-order chi connectivity index (χ1) is 6.65. The molecule has 0 fully saturated rings. The summed E-state index contributed by atoms with van der Waals surface area (Å²) in [6, 6.07) is 1.32. The van der Waals surface area contributed by atoms with Crippen LogP contribution in [0.25, 0.3) is 0 Å². The van der Waals surface area contributed by atoms with Gasteiger partial charge in [0, 0.05) is 12.8 Å². The first-order valence-electron chi connectivity index (χ1n) is 4.29. The smallest absolute Gasteiger partial charge is 0.0781 e. The van der Waals surface area contributed by atoms with Crippen molar-refractivity contribution in [2.24, 2.45) is 5.73 Å². The second-order valence-electron chi connectivity index (χ2n) is 2.79. The van der Waals surface area contributed by atoms with Crippen LogP contribution in [0.15, 0.2) is 12.3 Å². The Morgan fingerprint density at radius 1 is 1.57 bits per heavy atom. The normalized spacial score (nSPS) is 12.9. The fraction of sp³-hybridized carbons (Fsp3) is 0.444. The van der Waals surface area contributed by atoms with Crippen molar-refractivity contribution in [1.82, 2.24) is 4.98 Å². The molecule has 1 aromatic heterocycles. The van der Waals surface area contributed by atoms with Crippen LogP contribution >= 0.6 is 23.2 Å². The Labute approximate surface area is 93.2 Å². The molecular weight excluding hydrogens is 223 g/mol. The zero-order valence-corrected chi connectivity index (χ0v) is 9.35. The van der Waals surface area contributed by atoms with E-state index in [1.165, 1.54) is 6.20 Å². The Morgan fingerprint density at radius 2 is 2.29 bits per heavy atom. The van der Waals surface area contributed by atoms with Crippen molar-refractivity contribution in [3.05, 3.63) is 28.0 Å². The minimum Gasteiger partial charge on any atom is -0.380 e. The molecule has 1 rings (SSSR count). The Hall–Kier alpha value is -0.350. The average Bonchev–Trinajstić information content (AvgIpc) is 2.14. The fourth-order valence-corrected chi connectivity index (χ4v) is 1.54. The highest BCUT2D eigenvalue weighted by Gasteiger charge is 2.11. The molecule has 0 spiro atoms. The SMILES string of the molecule is CCOCC(N)c1ncc(Cl)cc1Cl. The molecular formula is C9H12Cl2N2O. The number of nitrogens with zero attached hydrogens (tertiary/aromatic N) is 1. The highest BCUT2D eigenvalue weighted by Crippen LogP contribution is 2.22. The molecule has 0 saturated heterocycles. The Morgan fingerprint density at radius 3 is 2.86 bits per heavy atom. The van der Waals surface area contributed by atoms with Gasteiger partial charge >= 0.3 is 0 Å². The van der Waals surface area contributed by atoms with Gasteiger partial charge in [-0.1, -0.05) is 23.2 Å². The fourth-order valence-electron chi connectivity index (χ4n) is 1.02. The zero-order chi connectivity index (χ0) is 10.6. The topological polar surface area (TPSA) is 48.1 Å². The van der Waals surface area contributed by atoms with Crippen LogP contribution in [0.1, 0.15) is 18.7 Å². The molecule has 2 N–H and O–H groups in total. The highest BCUT2D eigenvalue weighted by atomic mass is 35.5. The van der Waals surface area contributed by atoms with E-state index in [9.17, 15) is 0 Å². The summed E-state index contributed by atoms with van der Waals surface area (Å²) in [6.07, 6.45) is 1.52. The van der Waals surface area contributed by atoms with E-state index in [1.807, 2.05) is 6.92 Å². The average molecular weight is 235 g/mol. The molecule has 0 aliphatic carbocycles. The quantitative estimate of drug-likeness (QED) is 0.871. The van der Waals surface area contributed by atoms with Crippen LogP contribution < -0.4 is 5.73 Å². The van der Waals surface area contributed by atoms with Gasteiger partial charge in [0.15, 0.2) is 0 Å². The summed E-state index contributed by atoms with van der Waals surface area (Å²) in [5.41, 5.74) is 6.43. The van der Waals surface area contributed by atoms with Crippen molar-refractivity contribution in [3.63, 3.8) is 0 Å². The molecule has 0 saturated carbocycles. The van der Waals surface area contributed by atoms with Crippen molar-refractivity contribution in [2.75, 3.05) is 13.2 Å². The standard InChI is InChI=1S/C9H12Cl2N2O/c1-2-14-5-8(12)9-7(11)3-6(10)4-13-9/h3-4,8H,2,5,12H2,1H3. The van der Waals surface area contributed by atoms with Gasteiger partial charge in [-0.25, -0.2) is 0 Å². The lowest BCUT2D eigenvalue weighted by Gasteiger charge is -2.12. The van der Waals surface area contributed by atoms with E-state index in [2.05, 4.69) is 4.98 Å². The third kappa shape index (κ3) is 3.10. The van der Waals surface area contributed by atoms with Gasteiger partial charge in [0.25, 0.3) is 0 Å². The molecule has 0 aromatic carbocycles. The number of ether oxygens (including phenoxy) is 1. The summed E-state index contributed by atoms with van der Waals surface area (Å²) >= 11 is 11.6. The van der Waals surface area contributed by atoms with Crippen molar-refractivity contribution in [3.8, 4) is 0 Å². The summed E-state index contributed by atoms with van der Waals surface area (Å²) < 4.78 is 5.18. The lowest BCUT2D eigenvalue weighted by Crippen LogP contribution is -2.18. The lowest BCUT2D eigenvalue weighted by molar-refractivity contribution is 0.132. The van der Waals surface area contributed by atoms with Crippen LogP contribution in [0.4, 0.5) is 0 Å². The van der Waals surface area contributed by atoms with Gasteiger partial charge in [0.05, 0.1) is 28.4 Å².